The van der Waals surface area contributed by atoms with Crippen molar-refractivity contribution >= 4 is 47.2 Å². The van der Waals surface area contributed by atoms with Crippen LogP contribution in [0.4, 0.5) is 0 Å². The summed E-state index contributed by atoms with van der Waals surface area (Å²) in [4.78, 5) is 19.8. The number of hydrogen-bond donors (Lipinski definition) is 2. The maximum Gasteiger partial charge on any atom is 0.253 e. The average Bonchev–Trinajstić information content (AvgIpc) is 3.21. The Morgan fingerprint density at radius 2 is 1.93 bits per heavy atom. The summed E-state index contributed by atoms with van der Waals surface area (Å²) in [7, 11) is 3.54. The largest absolute Gasteiger partial charge is 0.357 e. The van der Waals surface area contributed by atoms with Crippen LogP contribution in [0.3, 0.4) is 0 Å². The second kappa shape index (κ2) is 12.2. The summed E-state index contributed by atoms with van der Waals surface area (Å²) in [6.45, 7) is 8.80. The Hall–Kier alpha value is -1.61. The minimum Gasteiger partial charge on any atom is -0.357 e. The molecule has 0 aliphatic carbocycles. The van der Waals surface area contributed by atoms with Gasteiger partial charge in [0.05, 0.1) is 6.54 Å². The van der Waals surface area contributed by atoms with Crippen molar-refractivity contribution in [2.45, 2.75) is 32.6 Å². The molecule has 29 heavy (non-hydrogen) atoms. The maximum atomic E-state index is 12.1. The molecule has 1 aromatic heterocycles. The fourth-order valence-electron chi connectivity index (χ4n) is 2.80. The molecule has 160 valence electrons. The third-order valence-electron chi connectivity index (χ3n) is 4.45. The predicted octanol–water partition coefficient (Wildman–Crippen LogP) is 4.14. The van der Waals surface area contributed by atoms with E-state index in [2.05, 4.69) is 55.0 Å². The van der Waals surface area contributed by atoms with E-state index in [1.165, 1.54) is 4.88 Å². The topological polar surface area (TPSA) is 56.7 Å². The first-order chi connectivity index (χ1) is 13.3. The van der Waals surface area contributed by atoms with Gasteiger partial charge in [0.25, 0.3) is 5.91 Å². The number of halogens is 1. The van der Waals surface area contributed by atoms with E-state index in [9.17, 15) is 4.79 Å². The Bertz CT molecular complexity index is 788. The molecule has 0 saturated carbocycles. The molecule has 0 unspecified atom stereocenters. The number of rotatable bonds is 8. The highest BCUT2D eigenvalue weighted by Gasteiger charge is 2.21. The predicted molar refractivity (Wildman–Crippen MR) is 135 cm³/mol. The van der Waals surface area contributed by atoms with Crippen molar-refractivity contribution in [3.05, 3.63) is 57.8 Å². The first-order valence-electron chi connectivity index (χ1n) is 9.70. The Kier molecular flexibility index (Phi) is 10.7. The number of carbonyl (C=O) groups excluding carboxylic acids is 1. The van der Waals surface area contributed by atoms with Gasteiger partial charge in [-0.05, 0) is 42.5 Å². The number of hydrogen-bond acceptors (Lipinski definition) is 3. The third-order valence-corrected chi connectivity index (χ3v) is 5.69. The van der Waals surface area contributed by atoms with Crippen LogP contribution in [-0.2, 0) is 11.8 Å². The summed E-state index contributed by atoms with van der Waals surface area (Å²) in [6.07, 6.45) is 0.827. The molecule has 0 atom stereocenters. The zero-order valence-corrected chi connectivity index (χ0v) is 21.1. The van der Waals surface area contributed by atoms with E-state index in [-0.39, 0.29) is 35.3 Å². The molecule has 0 fully saturated rings. The van der Waals surface area contributed by atoms with E-state index < -0.39 is 0 Å². The van der Waals surface area contributed by atoms with Gasteiger partial charge < -0.3 is 15.5 Å². The smallest absolute Gasteiger partial charge is 0.253 e. The van der Waals surface area contributed by atoms with Crippen molar-refractivity contribution in [3.63, 3.8) is 0 Å². The van der Waals surface area contributed by atoms with Crippen molar-refractivity contribution < 1.29 is 4.79 Å². The second-order valence-corrected chi connectivity index (χ2v) is 8.58. The number of nitrogens with zero attached hydrogens (tertiary/aromatic N) is 2. The minimum absolute atomic E-state index is 0. The molecule has 0 radical (unpaired) electrons. The number of amides is 1. The van der Waals surface area contributed by atoms with E-state index in [0.29, 0.717) is 0 Å². The van der Waals surface area contributed by atoms with Crippen LogP contribution in [0.15, 0.2) is 46.8 Å². The SMILES string of the molecule is CCNC(=NCC(C)(C)c1cccs1)NCCc1cccc(C(=O)N(C)C)c1.I. The quantitative estimate of drug-likeness (QED) is 0.308. The second-order valence-electron chi connectivity index (χ2n) is 7.63. The van der Waals surface area contributed by atoms with Crippen LogP contribution < -0.4 is 10.6 Å². The van der Waals surface area contributed by atoms with Crippen LogP contribution in [0, 0.1) is 0 Å². The zero-order valence-electron chi connectivity index (χ0n) is 18.0. The highest BCUT2D eigenvalue weighted by Crippen LogP contribution is 2.27. The van der Waals surface area contributed by atoms with Crippen LogP contribution in [0.25, 0.3) is 0 Å². The summed E-state index contributed by atoms with van der Waals surface area (Å²) in [5.74, 6) is 0.855. The van der Waals surface area contributed by atoms with Gasteiger partial charge in [0.1, 0.15) is 0 Å². The molecular weight excluding hydrogens is 495 g/mol. The van der Waals surface area contributed by atoms with Gasteiger partial charge in [-0.25, -0.2) is 0 Å². The van der Waals surface area contributed by atoms with Gasteiger partial charge in [-0.15, -0.1) is 35.3 Å². The fraction of sp³-hybridized carbons (Fsp3) is 0.455. The van der Waals surface area contributed by atoms with E-state index in [1.54, 1.807) is 30.3 Å². The van der Waals surface area contributed by atoms with Crippen LogP contribution in [-0.4, -0.2) is 50.5 Å². The van der Waals surface area contributed by atoms with Crippen molar-refractivity contribution in [2.75, 3.05) is 33.7 Å². The monoisotopic (exact) mass is 528 g/mol. The molecule has 0 bridgehead atoms. The van der Waals surface area contributed by atoms with Gasteiger partial charge in [0, 0.05) is 43.0 Å². The number of aliphatic imine (C=N–C) groups is 1. The van der Waals surface area contributed by atoms with Gasteiger partial charge in [-0.2, -0.15) is 0 Å². The van der Waals surface area contributed by atoms with Crippen LogP contribution in [0.5, 0.6) is 0 Å². The number of nitrogens with one attached hydrogen (secondary N) is 2. The van der Waals surface area contributed by atoms with Crippen molar-refractivity contribution in [2.24, 2.45) is 4.99 Å². The van der Waals surface area contributed by atoms with Crippen molar-refractivity contribution in [1.82, 2.24) is 15.5 Å². The Balaban J connectivity index is 0.00000420. The first-order valence-corrected chi connectivity index (χ1v) is 10.6. The van der Waals surface area contributed by atoms with Crippen molar-refractivity contribution in [3.8, 4) is 0 Å². The highest BCUT2D eigenvalue weighted by atomic mass is 127. The molecule has 0 aliphatic heterocycles. The number of benzene rings is 1. The molecule has 0 aliphatic rings. The lowest BCUT2D eigenvalue weighted by atomic mass is 9.92. The highest BCUT2D eigenvalue weighted by molar-refractivity contribution is 14.0. The molecule has 7 heteroatoms. The molecule has 2 rings (SSSR count). The number of guanidine groups is 1. The number of thiophene rings is 1. The molecule has 0 spiro atoms. The summed E-state index contributed by atoms with van der Waals surface area (Å²) >= 11 is 1.77. The van der Waals surface area contributed by atoms with Crippen LogP contribution >= 0.6 is 35.3 Å². The number of carbonyl (C=O) groups is 1. The van der Waals surface area contributed by atoms with Crippen LogP contribution in [0.2, 0.25) is 0 Å². The molecule has 2 N–H and O–H groups in total. The summed E-state index contributed by atoms with van der Waals surface area (Å²) in [6, 6.07) is 12.1. The van der Waals surface area contributed by atoms with E-state index in [0.717, 1.165) is 43.1 Å². The standard InChI is InChI=1S/C22H32N4OS.HI/c1-6-23-21(25-16-22(2,3)19-11-8-14-28-19)24-13-12-17-9-7-10-18(15-17)20(27)26(4)5;/h7-11,14-15H,6,12-13,16H2,1-5H3,(H2,23,24,25);1H. The minimum atomic E-state index is 0. The lowest BCUT2D eigenvalue weighted by Crippen LogP contribution is -2.39. The van der Waals surface area contributed by atoms with Gasteiger partial charge in [0.2, 0.25) is 0 Å². The Labute approximate surface area is 196 Å². The average molecular weight is 529 g/mol. The summed E-state index contributed by atoms with van der Waals surface area (Å²) in [5.41, 5.74) is 1.87. The Morgan fingerprint density at radius 1 is 1.17 bits per heavy atom. The maximum absolute atomic E-state index is 12.1. The molecule has 1 aromatic carbocycles. The summed E-state index contributed by atoms with van der Waals surface area (Å²) in [5, 5.41) is 8.83. The van der Waals surface area contributed by atoms with Crippen molar-refractivity contribution in [1.29, 1.82) is 0 Å². The Morgan fingerprint density at radius 3 is 2.55 bits per heavy atom. The van der Waals surface area contributed by atoms with Gasteiger partial charge in [0.15, 0.2) is 5.96 Å². The lowest BCUT2D eigenvalue weighted by Gasteiger charge is -2.22. The molecule has 1 amide bonds. The zero-order chi connectivity index (χ0) is 20.6. The van der Waals surface area contributed by atoms with E-state index >= 15 is 0 Å². The molecule has 2 aromatic rings. The normalized spacial score (nSPS) is 11.6. The van der Waals surface area contributed by atoms with E-state index in [4.69, 9.17) is 4.99 Å². The van der Waals surface area contributed by atoms with Crippen LogP contribution in [0.1, 0.15) is 41.6 Å². The summed E-state index contributed by atoms with van der Waals surface area (Å²) < 4.78 is 0. The van der Waals surface area contributed by atoms with Gasteiger partial charge in [-0.1, -0.05) is 32.0 Å². The fourth-order valence-corrected chi connectivity index (χ4v) is 3.65. The van der Waals surface area contributed by atoms with E-state index in [1.807, 2.05) is 18.2 Å². The molecular formula is C22H33IN4OS. The molecule has 5 nitrogen and oxygen atoms in total. The lowest BCUT2D eigenvalue weighted by molar-refractivity contribution is 0.0827. The third kappa shape index (κ3) is 7.97. The first kappa shape index (κ1) is 25.4. The van der Waals surface area contributed by atoms with Gasteiger partial charge >= 0.3 is 0 Å². The molecule has 1 heterocycles. The van der Waals surface area contributed by atoms with Gasteiger partial charge in [-0.3, -0.25) is 9.79 Å². The molecule has 0 saturated heterocycles.